The van der Waals surface area contributed by atoms with Crippen LogP contribution in [-0.4, -0.2) is 15.8 Å². The van der Waals surface area contributed by atoms with Gasteiger partial charge in [0.25, 0.3) is 0 Å². The first-order valence-electron chi connectivity index (χ1n) is 9.37. The van der Waals surface area contributed by atoms with Crippen LogP contribution in [0.4, 0.5) is 0 Å². The highest BCUT2D eigenvalue weighted by Gasteiger charge is 2.40. The molecule has 0 aromatic heterocycles. The standard InChI is InChI=1S/C24H26ClNOS/c1-23(2,3)28(27)26-18-24(19-12-6-4-7-13-19,20-14-8-5-9-15-20)21-16-10-11-17-22(21)25/h4-17,26H,18H2,1-3H3. The third-order valence-electron chi connectivity index (χ3n) is 4.89. The van der Waals surface area contributed by atoms with E-state index in [0.717, 1.165) is 16.7 Å². The summed E-state index contributed by atoms with van der Waals surface area (Å²) in [6, 6.07) is 28.5. The molecule has 0 amide bonds. The molecule has 0 spiro atoms. The molecule has 3 rings (SSSR count). The zero-order chi connectivity index (χ0) is 20.2. The van der Waals surface area contributed by atoms with E-state index in [-0.39, 0.29) is 4.75 Å². The number of benzene rings is 3. The lowest BCUT2D eigenvalue weighted by Gasteiger charge is -2.37. The van der Waals surface area contributed by atoms with Gasteiger partial charge in [0.15, 0.2) is 0 Å². The summed E-state index contributed by atoms with van der Waals surface area (Å²) in [5, 5.41) is 0.693. The van der Waals surface area contributed by atoms with Crippen LogP contribution in [0.25, 0.3) is 0 Å². The van der Waals surface area contributed by atoms with Crippen LogP contribution >= 0.6 is 11.6 Å². The number of hydrogen-bond donors (Lipinski definition) is 1. The van der Waals surface area contributed by atoms with Crippen molar-refractivity contribution in [2.45, 2.75) is 30.9 Å². The van der Waals surface area contributed by atoms with Gasteiger partial charge < -0.3 is 4.55 Å². The fraction of sp³-hybridized carbons (Fsp3) is 0.250. The SMILES string of the molecule is CC(C)(C)[S+]([O-])NCC(c1ccccc1)(c1ccccc1)c1ccccc1Cl. The Hall–Kier alpha value is -1.78. The number of hydrogen-bond acceptors (Lipinski definition) is 2. The highest BCUT2D eigenvalue weighted by Crippen LogP contribution is 2.42. The highest BCUT2D eigenvalue weighted by atomic mass is 35.5. The average Bonchev–Trinajstić information content (AvgIpc) is 2.70. The minimum absolute atomic E-state index is 0.362. The molecule has 0 saturated heterocycles. The lowest BCUT2D eigenvalue weighted by Crippen LogP contribution is -2.47. The highest BCUT2D eigenvalue weighted by molar-refractivity contribution is 7.90. The Morgan fingerprint density at radius 2 is 1.25 bits per heavy atom. The van der Waals surface area contributed by atoms with Crippen molar-refractivity contribution in [3.63, 3.8) is 0 Å². The summed E-state index contributed by atoms with van der Waals surface area (Å²) in [4.78, 5) is 0. The number of halogens is 1. The van der Waals surface area contributed by atoms with Crippen molar-refractivity contribution in [1.29, 1.82) is 0 Å². The molecular formula is C24H26ClNOS. The zero-order valence-electron chi connectivity index (χ0n) is 16.5. The molecule has 0 aliphatic rings. The van der Waals surface area contributed by atoms with E-state index >= 15 is 0 Å². The Kier molecular flexibility index (Phi) is 6.51. The molecule has 1 atom stereocenters. The number of rotatable bonds is 6. The second-order valence-electron chi connectivity index (χ2n) is 7.82. The molecule has 0 radical (unpaired) electrons. The van der Waals surface area contributed by atoms with E-state index in [1.54, 1.807) is 0 Å². The van der Waals surface area contributed by atoms with Crippen molar-refractivity contribution in [1.82, 2.24) is 4.72 Å². The maximum Gasteiger partial charge on any atom is 0.136 e. The quantitative estimate of drug-likeness (QED) is 0.415. The summed E-state index contributed by atoms with van der Waals surface area (Å²) in [5.41, 5.74) is 2.63. The van der Waals surface area contributed by atoms with Gasteiger partial charge in [-0.25, -0.2) is 0 Å². The summed E-state index contributed by atoms with van der Waals surface area (Å²) in [5.74, 6) is 0. The van der Waals surface area contributed by atoms with E-state index in [9.17, 15) is 4.55 Å². The Bertz CT molecular complexity index is 854. The topological polar surface area (TPSA) is 35.1 Å². The predicted molar refractivity (Wildman–Crippen MR) is 120 cm³/mol. The zero-order valence-corrected chi connectivity index (χ0v) is 18.1. The fourth-order valence-electron chi connectivity index (χ4n) is 3.42. The third-order valence-corrected chi connectivity index (χ3v) is 6.74. The molecule has 1 unspecified atom stereocenters. The monoisotopic (exact) mass is 411 g/mol. The van der Waals surface area contributed by atoms with Crippen LogP contribution in [0.3, 0.4) is 0 Å². The van der Waals surface area contributed by atoms with Gasteiger partial charge in [0, 0.05) is 16.4 Å². The Morgan fingerprint density at radius 1 is 0.786 bits per heavy atom. The van der Waals surface area contributed by atoms with Gasteiger partial charge in [0.05, 0.1) is 12.0 Å². The van der Waals surface area contributed by atoms with Crippen molar-refractivity contribution >= 4 is 23.0 Å². The first-order chi connectivity index (χ1) is 13.4. The molecule has 2 nitrogen and oxygen atoms in total. The van der Waals surface area contributed by atoms with E-state index in [1.807, 2.05) is 75.4 Å². The van der Waals surface area contributed by atoms with E-state index in [4.69, 9.17) is 11.6 Å². The van der Waals surface area contributed by atoms with Gasteiger partial charge in [-0.3, -0.25) is 0 Å². The summed E-state index contributed by atoms with van der Waals surface area (Å²) < 4.78 is 15.8. The van der Waals surface area contributed by atoms with Crippen LogP contribution < -0.4 is 4.72 Å². The summed E-state index contributed by atoms with van der Waals surface area (Å²) in [6.07, 6.45) is 0. The minimum Gasteiger partial charge on any atom is -0.598 e. The van der Waals surface area contributed by atoms with E-state index in [2.05, 4.69) is 35.1 Å². The van der Waals surface area contributed by atoms with Crippen LogP contribution in [0.1, 0.15) is 37.5 Å². The molecule has 0 heterocycles. The first-order valence-corrected chi connectivity index (χ1v) is 10.9. The van der Waals surface area contributed by atoms with Crippen molar-refractivity contribution in [3.05, 3.63) is 107 Å². The summed E-state index contributed by atoms with van der Waals surface area (Å²) in [6.45, 7) is 6.38. The molecule has 28 heavy (non-hydrogen) atoms. The predicted octanol–water partition coefficient (Wildman–Crippen LogP) is 5.73. The second kappa shape index (κ2) is 8.71. The van der Waals surface area contributed by atoms with E-state index in [1.165, 1.54) is 0 Å². The molecule has 0 aliphatic carbocycles. The summed E-state index contributed by atoms with van der Waals surface area (Å²) in [7, 11) is 0. The van der Waals surface area contributed by atoms with Crippen LogP contribution in [0, 0.1) is 0 Å². The minimum atomic E-state index is -1.20. The largest absolute Gasteiger partial charge is 0.598 e. The maximum absolute atomic E-state index is 12.9. The lowest BCUT2D eigenvalue weighted by molar-refractivity contribution is 0.524. The van der Waals surface area contributed by atoms with E-state index in [0.29, 0.717) is 11.6 Å². The van der Waals surface area contributed by atoms with Crippen molar-refractivity contribution in [3.8, 4) is 0 Å². The van der Waals surface area contributed by atoms with Gasteiger partial charge in [-0.15, -0.1) is 4.72 Å². The van der Waals surface area contributed by atoms with Crippen LogP contribution in [-0.2, 0) is 16.8 Å². The fourth-order valence-corrected chi connectivity index (χ4v) is 4.50. The first kappa shape index (κ1) is 20.9. The lowest BCUT2D eigenvalue weighted by atomic mass is 9.69. The molecular weight excluding hydrogens is 386 g/mol. The molecule has 4 heteroatoms. The van der Waals surface area contributed by atoms with Gasteiger partial charge in [-0.1, -0.05) is 90.5 Å². The van der Waals surface area contributed by atoms with Crippen LogP contribution in [0.15, 0.2) is 84.9 Å². The van der Waals surface area contributed by atoms with Gasteiger partial charge in [-0.05, 0) is 43.5 Å². The smallest absolute Gasteiger partial charge is 0.136 e. The molecule has 3 aromatic carbocycles. The van der Waals surface area contributed by atoms with Crippen LogP contribution in [0.2, 0.25) is 5.02 Å². The maximum atomic E-state index is 12.9. The molecule has 0 bridgehead atoms. The third kappa shape index (κ3) is 4.28. The summed E-state index contributed by atoms with van der Waals surface area (Å²) >= 11 is 5.51. The normalized spacial score (nSPS) is 13.3. The Balaban J connectivity index is 2.22. The molecule has 146 valence electrons. The van der Waals surface area contributed by atoms with Gasteiger partial charge in [-0.2, -0.15) is 0 Å². The van der Waals surface area contributed by atoms with Crippen molar-refractivity contribution < 1.29 is 4.55 Å². The average molecular weight is 412 g/mol. The molecule has 3 aromatic rings. The van der Waals surface area contributed by atoms with Gasteiger partial charge in [0.2, 0.25) is 0 Å². The van der Waals surface area contributed by atoms with E-state index < -0.39 is 16.8 Å². The Morgan fingerprint density at radius 3 is 1.71 bits per heavy atom. The molecule has 0 fully saturated rings. The van der Waals surface area contributed by atoms with Crippen LogP contribution in [0.5, 0.6) is 0 Å². The molecule has 0 saturated carbocycles. The molecule has 0 aliphatic heterocycles. The van der Waals surface area contributed by atoms with Crippen molar-refractivity contribution in [2.75, 3.05) is 6.54 Å². The van der Waals surface area contributed by atoms with Gasteiger partial charge in [0.1, 0.15) is 4.75 Å². The molecule has 1 N–H and O–H groups in total. The number of nitrogens with one attached hydrogen (secondary N) is 1. The van der Waals surface area contributed by atoms with Crippen molar-refractivity contribution in [2.24, 2.45) is 0 Å². The Labute approximate surface area is 176 Å². The van der Waals surface area contributed by atoms with Gasteiger partial charge >= 0.3 is 0 Å². The second-order valence-corrected chi connectivity index (χ2v) is 10.3.